The summed E-state index contributed by atoms with van der Waals surface area (Å²) in [6, 6.07) is 0. The molecule has 72 valence electrons. The van der Waals surface area contributed by atoms with Crippen molar-refractivity contribution in [2.45, 2.75) is 25.7 Å². The number of hydrogen-bond donors (Lipinski definition) is 2. The maximum Gasteiger partial charge on any atom is 0.248 e. The Morgan fingerprint density at radius 2 is 2.08 bits per heavy atom. The second-order valence-corrected chi connectivity index (χ2v) is 3.98. The molecule has 12 heavy (non-hydrogen) atoms. The van der Waals surface area contributed by atoms with Crippen molar-refractivity contribution in [3.63, 3.8) is 0 Å². The first kappa shape index (κ1) is 9.86. The standard InChI is InChI=1S/C8H15F2NO/c1-7(4-11,5-12)6-2-8(9,10)3-6/h6,12H,2-5,11H2,1H3. The fourth-order valence-electron chi connectivity index (χ4n) is 1.51. The van der Waals surface area contributed by atoms with E-state index in [4.69, 9.17) is 10.8 Å². The number of rotatable bonds is 3. The van der Waals surface area contributed by atoms with Gasteiger partial charge >= 0.3 is 0 Å². The average molecular weight is 179 g/mol. The monoisotopic (exact) mass is 179 g/mol. The van der Waals surface area contributed by atoms with Crippen molar-refractivity contribution in [2.24, 2.45) is 17.1 Å². The molecule has 1 aliphatic rings. The van der Waals surface area contributed by atoms with E-state index < -0.39 is 11.3 Å². The second kappa shape index (κ2) is 2.92. The Labute approximate surface area is 70.8 Å². The van der Waals surface area contributed by atoms with E-state index in [1.54, 1.807) is 6.92 Å². The van der Waals surface area contributed by atoms with Gasteiger partial charge in [0.15, 0.2) is 0 Å². The van der Waals surface area contributed by atoms with Crippen LogP contribution in [0.1, 0.15) is 19.8 Å². The molecule has 0 bridgehead atoms. The Kier molecular flexibility index (Phi) is 2.40. The average Bonchev–Trinajstić information content (AvgIpc) is 1.99. The Morgan fingerprint density at radius 3 is 2.33 bits per heavy atom. The molecule has 2 nitrogen and oxygen atoms in total. The first-order valence-electron chi connectivity index (χ1n) is 4.12. The lowest BCUT2D eigenvalue weighted by atomic mass is 9.65. The molecule has 1 unspecified atom stereocenters. The lowest BCUT2D eigenvalue weighted by molar-refractivity contribution is -0.150. The molecule has 4 heteroatoms. The van der Waals surface area contributed by atoms with Crippen LogP contribution in [0.2, 0.25) is 0 Å². The summed E-state index contributed by atoms with van der Waals surface area (Å²) < 4.78 is 24.9. The highest BCUT2D eigenvalue weighted by Crippen LogP contribution is 2.50. The van der Waals surface area contributed by atoms with Gasteiger partial charge in [-0.3, -0.25) is 0 Å². The lowest BCUT2D eigenvalue weighted by Crippen LogP contribution is -2.49. The summed E-state index contributed by atoms with van der Waals surface area (Å²) in [5.41, 5.74) is 4.90. The second-order valence-electron chi connectivity index (χ2n) is 3.98. The van der Waals surface area contributed by atoms with Gasteiger partial charge in [-0.2, -0.15) is 0 Å². The van der Waals surface area contributed by atoms with Crippen molar-refractivity contribution in [1.29, 1.82) is 0 Å². The molecule has 0 saturated heterocycles. The number of halogens is 2. The SMILES string of the molecule is CC(CN)(CO)C1CC(F)(F)C1. The topological polar surface area (TPSA) is 46.2 Å². The first-order chi connectivity index (χ1) is 5.43. The highest BCUT2D eigenvalue weighted by molar-refractivity contribution is 4.96. The summed E-state index contributed by atoms with van der Waals surface area (Å²) in [5, 5.41) is 8.97. The molecule has 0 aromatic carbocycles. The highest BCUT2D eigenvalue weighted by Gasteiger charge is 2.52. The van der Waals surface area contributed by atoms with Crippen LogP contribution >= 0.6 is 0 Å². The molecule has 0 amide bonds. The molecule has 0 aromatic rings. The number of hydrogen-bond acceptors (Lipinski definition) is 2. The van der Waals surface area contributed by atoms with Gasteiger partial charge in [-0.1, -0.05) is 6.92 Å². The van der Waals surface area contributed by atoms with E-state index in [9.17, 15) is 8.78 Å². The van der Waals surface area contributed by atoms with Crippen molar-refractivity contribution in [2.75, 3.05) is 13.2 Å². The summed E-state index contributed by atoms with van der Waals surface area (Å²) in [6.07, 6.45) is -0.247. The Bertz CT molecular complexity index is 160. The fourth-order valence-corrected chi connectivity index (χ4v) is 1.51. The summed E-state index contributed by atoms with van der Waals surface area (Å²) in [4.78, 5) is 0. The fraction of sp³-hybridized carbons (Fsp3) is 1.00. The van der Waals surface area contributed by atoms with Crippen LogP contribution in [0.3, 0.4) is 0 Å². The van der Waals surface area contributed by atoms with Gasteiger partial charge in [0.25, 0.3) is 0 Å². The van der Waals surface area contributed by atoms with Crippen LogP contribution in [0.4, 0.5) is 8.78 Å². The minimum absolute atomic E-state index is 0.107. The predicted octanol–water partition coefficient (Wildman–Crippen LogP) is 0.989. The molecule has 1 aliphatic carbocycles. The Balaban J connectivity index is 2.50. The molecule has 0 aromatic heterocycles. The highest BCUT2D eigenvalue weighted by atomic mass is 19.3. The van der Waals surface area contributed by atoms with Crippen molar-refractivity contribution >= 4 is 0 Å². The van der Waals surface area contributed by atoms with Gasteiger partial charge in [-0.15, -0.1) is 0 Å². The summed E-state index contributed by atoms with van der Waals surface area (Å²) >= 11 is 0. The molecule has 0 heterocycles. The molecule has 3 N–H and O–H groups in total. The zero-order valence-electron chi connectivity index (χ0n) is 7.19. The third-order valence-electron chi connectivity index (χ3n) is 2.90. The van der Waals surface area contributed by atoms with Crippen LogP contribution in [0, 0.1) is 11.3 Å². The van der Waals surface area contributed by atoms with Crippen molar-refractivity contribution in [3.05, 3.63) is 0 Å². The summed E-state index contributed by atoms with van der Waals surface area (Å²) in [5.74, 6) is -2.64. The zero-order chi connectivity index (χ0) is 9.41. The number of aliphatic hydroxyl groups is 1. The molecule has 1 atom stereocenters. The quantitative estimate of drug-likeness (QED) is 0.678. The molecular formula is C8H15F2NO. The van der Waals surface area contributed by atoms with E-state index in [0.29, 0.717) is 0 Å². The largest absolute Gasteiger partial charge is 0.396 e. The van der Waals surface area contributed by atoms with Crippen LogP contribution in [-0.4, -0.2) is 24.2 Å². The first-order valence-corrected chi connectivity index (χ1v) is 4.12. The number of alkyl halides is 2. The maximum absolute atomic E-state index is 12.5. The molecule has 1 rings (SSSR count). The van der Waals surface area contributed by atoms with Gasteiger partial charge in [0.2, 0.25) is 5.92 Å². The molecule has 0 aliphatic heterocycles. The number of aliphatic hydroxyl groups excluding tert-OH is 1. The summed E-state index contributed by atoms with van der Waals surface area (Å²) in [6.45, 7) is 1.92. The third-order valence-corrected chi connectivity index (χ3v) is 2.90. The van der Waals surface area contributed by atoms with E-state index in [0.717, 1.165) is 0 Å². The van der Waals surface area contributed by atoms with Gasteiger partial charge in [0, 0.05) is 31.4 Å². The van der Waals surface area contributed by atoms with E-state index in [1.165, 1.54) is 0 Å². The Morgan fingerprint density at radius 1 is 1.58 bits per heavy atom. The van der Waals surface area contributed by atoms with Gasteiger partial charge in [-0.05, 0) is 5.92 Å². The van der Waals surface area contributed by atoms with Crippen LogP contribution in [0.5, 0.6) is 0 Å². The van der Waals surface area contributed by atoms with E-state index in [2.05, 4.69) is 0 Å². The predicted molar refractivity (Wildman–Crippen MR) is 41.9 cm³/mol. The van der Waals surface area contributed by atoms with E-state index >= 15 is 0 Å². The van der Waals surface area contributed by atoms with Crippen LogP contribution in [0.15, 0.2) is 0 Å². The zero-order valence-corrected chi connectivity index (χ0v) is 7.19. The van der Waals surface area contributed by atoms with Crippen LogP contribution in [-0.2, 0) is 0 Å². The van der Waals surface area contributed by atoms with Gasteiger partial charge in [0.05, 0.1) is 0 Å². The molecular weight excluding hydrogens is 164 g/mol. The van der Waals surface area contributed by atoms with E-state index in [1.807, 2.05) is 0 Å². The minimum atomic E-state index is -2.52. The molecule has 1 fully saturated rings. The molecule has 0 spiro atoms. The number of nitrogens with two attached hydrogens (primary N) is 1. The van der Waals surface area contributed by atoms with Crippen molar-refractivity contribution in [3.8, 4) is 0 Å². The van der Waals surface area contributed by atoms with Gasteiger partial charge in [0.1, 0.15) is 0 Å². The normalized spacial score (nSPS) is 27.8. The minimum Gasteiger partial charge on any atom is -0.396 e. The third kappa shape index (κ3) is 1.59. The molecule has 0 radical (unpaired) electrons. The van der Waals surface area contributed by atoms with Crippen LogP contribution < -0.4 is 5.73 Å². The molecule has 1 saturated carbocycles. The van der Waals surface area contributed by atoms with Gasteiger partial charge in [-0.25, -0.2) is 8.78 Å². The maximum atomic E-state index is 12.5. The van der Waals surface area contributed by atoms with Crippen molar-refractivity contribution in [1.82, 2.24) is 0 Å². The van der Waals surface area contributed by atoms with Gasteiger partial charge < -0.3 is 10.8 Å². The van der Waals surface area contributed by atoms with E-state index in [-0.39, 0.29) is 31.9 Å². The van der Waals surface area contributed by atoms with Crippen LogP contribution in [0.25, 0.3) is 0 Å². The smallest absolute Gasteiger partial charge is 0.248 e. The lowest BCUT2D eigenvalue weighted by Gasteiger charge is -2.45. The summed E-state index contributed by atoms with van der Waals surface area (Å²) in [7, 11) is 0. The Hall–Kier alpha value is -0.220. The van der Waals surface area contributed by atoms with Crippen molar-refractivity contribution < 1.29 is 13.9 Å².